The summed E-state index contributed by atoms with van der Waals surface area (Å²) in [6, 6.07) is -0.196. The Kier molecular flexibility index (Phi) is 3.81. The summed E-state index contributed by atoms with van der Waals surface area (Å²) in [6.45, 7) is 0. The average molecular weight is 257 g/mol. The van der Waals surface area contributed by atoms with Crippen molar-refractivity contribution in [3.63, 3.8) is 0 Å². The first-order valence-electron chi connectivity index (χ1n) is 6.04. The molecule has 1 aliphatic heterocycles. The molecule has 17 heavy (non-hydrogen) atoms. The minimum atomic E-state index is -0.304. The molecule has 0 spiro atoms. The minimum absolute atomic E-state index is 0.167. The quantitative estimate of drug-likeness (QED) is 0.823. The Morgan fingerprint density at radius 2 is 1.88 bits per heavy atom. The molecule has 1 atom stereocenters. The average Bonchev–Trinajstić information content (AvgIpc) is 2.36. The largest absolute Gasteiger partial charge is 0.330 e. The van der Waals surface area contributed by atoms with Gasteiger partial charge in [0, 0.05) is 13.1 Å². The number of carbonyl (C=O) groups excluding carboxylic acids is 2. The molecule has 0 bridgehead atoms. The van der Waals surface area contributed by atoms with Gasteiger partial charge in [0.1, 0.15) is 0 Å². The number of imide groups is 1. The highest BCUT2D eigenvalue weighted by molar-refractivity contribution is 7.99. The second-order valence-electron chi connectivity index (χ2n) is 4.58. The van der Waals surface area contributed by atoms with Crippen LogP contribution in [0.5, 0.6) is 0 Å². The van der Waals surface area contributed by atoms with E-state index in [4.69, 9.17) is 0 Å². The van der Waals surface area contributed by atoms with Crippen molar-refractivity contribution in [1.82, 2.24) is 15.1 Å². The maximum absolute atomic E-state index is 12.2. The van der Waals surface area contributed by atoms with E-state index < -0.39 is 0 Å². The Morgan fingerprint density at radius 1 is 1.24 bits per heavy atom. The zero-order chi connectivity index (χ0) is 12.4. The number of nitrogens with one attached hydrogen (secondary N) is 1. The first kappa shape index (κ1) is 12.5. The fourth-order valence-corrected chi connectivity index (χ4v) is 3.22. The van der Waals surface area contributed by atoms with Crippen molar-refractivity contribution >= 4 is 23.8 Å². The molecule has 0 aromatic rings. The van der Waals surface area contributed by atoms with Gasteiger partial charge in [-0.3, -0.25) is 4.90 Å². The van der Waals surface area contributed by atoms with Crippen molar-refractivity contribution in [3.8, 4) is 0 Å². The summed E-state index contributed by atoms with van der Waals surface area (Å²) < 4.78 is 0. The summed E-state index contributed by atoms with van der Waals surface area (Å²) in [7, 11) is 1.53. The van der Waals surface area contributed by atoms with E-state index in [1.165, 1.54) is 43.0 Å². The fraction of sp³-hybridized carbons (Fsp3) is 0.818. The first-order chi connectivity index (χ1) is 8.15. The van der Waals surface area contributed by atoms with Crippen molar-refractivity contribution in [2.45, 2.75) is 43.6 Å². The van der Waals surface area contributed by atoms with E-state index in [0.717, 1.165) is 12.8 Å². The zero-order valence-corrected chi connectivity index (χ0v) is 11.1. The molecule has 1 aliphatic carbocycles. The van der Waals surface area contributed by atoms with Crippen molar-refractivity contribution in [3.05, 3.63) is 0 Å². The van der Waals surface area contributed by atoms with Gasteiger partial charge in [-0.1, -0.05) is 19.3 Å². The molecular weight excluding hydrogens is 238 g/mol. The van der Waals surface area contributed by atoms with Crippen LogP contribution in [-0.2, 0) is 0 Å². The highest BCUT2D eigenvalue weighted by Crippen LogP contribution is 2.28. The molecular formula is C11H19N3O2S. The zero-order valence-electron chi connectivity index (χ0n) is 10.3. The molecule has 1 saturated heterocycles. The van der Waals surface area contributed by atoms with Gasteiger partial charge in [-0.15, -0.1) is 11.8 Å². The van der Waals surface area contributed by atoms with Crippen LogP contribution in [0.4, 0.5) is 9.59 Å². The van der Waals surface area contributed by atoms with Crippen LogP contribution in [0.2, 0.25) is 0 Å². The van der Waals surface area contributed by atoms with Crippen LogP contribution in [0.1, 0.15) is 32.1 Å². The monoisotopic (exact) mass is 257 g/mol. The summed E-state index contributed by atoms with van der Waals surface area (Å²) in [5.41, 5.74) is -0.214. The van der Waals surface area contributed by atoms with Crippen LogP contribution in [0.25, 0.3) is 0 Å². The normalized spacial score (nSPS) is 27.3. The number of hydrogen-bond donors (Lipinski definition) is 1. The SMILES string of the molecule is CSC1NC(=O)N(C)C(=O)N1C1CCCCC1. The number of amides is 4. The van der Waals surface area contributed by atoms with E-state index in [9.17, 15) is 9.59 Å². The maximum Gasteiger partial charge on any atom is 0.330 e. The number of rotatable bonds is 2. The Labute approximate surface area is 106 Å². The highest BCUT2D eigenvalue weighted by atomic mass is 32.2. The Morgan fingerprint density at radius 3 is 2.47 bits per heavy atom. The highest BCUT2D eigenvalue weighted by Gasteiger charge is 2.39. The van der Waals surface area contributed by atoms with Gasteiger partial charge in [0.25, 0.3) is 0 Å². The van der Waals surface area contributed by atoms with Crippen LogP contribution in [0.15, 0.2) is 0 Å². The molecule has 96 valence electrons. The number of thioether (sulfide) groups is 1. The molecule has 2 aliphatic rings. The second-order valence-corrected chi connectivity index (χ2v) is 5.50. The molecule has 1 saturated carbocycles. The van der Waals surface area contributed by atoms with Gasteiger partial charge in [-0.2, -0.15) is 0 Å². The molecule has 1 heterocycles. The summed E-state index contributed by atoms with van der Waals surface area (Å²) in [5, 5.41) is 2.85. The molecule has 6 heteroatoms. The van der Waals surface area contributed by atoms with Gasteiger partial charge in [0.15, 0.2) is 5.50 Å². The third-order valence-corrected chi connectivity index (χ3v) is 4.29. The molecule has 4 amide bonds. The summed E-state index contributed by atoms with van der Waals surface area (Å²) in [6.07, 6.45) is 7.61. The van der Waals surface area contributed by atoms with Gasteiger partial charge in [-0.25, -0.2) is 14.5 Å². The number of carbonyl (C=O) groups is 2. The van der Waals surface area contributed by atoms with Crippen LogP contribution in [-0.4, -0.2) is 46.7 Å². The molecule has 5 nitrogen and oxygen atoms in total. The number of hydrogen-bond acceptors (Lipinski definition) is 3. The predicted octanol–water partition coefficient (Wildman–Crippen LogP) is 2.04. The van der Waals surface area contributed by atoms with Crippen molar-refractivity contribution in [2.75, 3.05) is 13.3 Å². The molecule has 0 aromatic carbocycles. The summed E-state index contributed by atoms with van der Waals surface area (Å²) >= 11 is 1.50. The lowest BCUT2D eigenvalue weighted by atomic mass is 9.94. The maximum atomic E-state index is 12.2. The molecule has 2 rings (SSSR count). The van der Waals surface area contributed by atoms with E-state index in [0.29, 0.717) is 0 Å². The van der Waals surface area contributed by atoms with E-state index in [1.807, 2.05) is 11.2 Å². The topological polar surface area (TPSA) is 52.7 Å². The molecule has 2 fully saturated rings. The smallest absolute Gasteiger partial charge is 0.308 e. The summed E-state index contributed by atoms with van der Waals surface area (Å²) in [4.78, 5) is 26.7. The molecule has 0 radical (unpaired) electrons. The fourth-order valence-electron chi connectivity index (χ4n) is 2.51. The molecule has 1 N–H and O–H groups in total. The Hall–Kier alpha value is -0.910. The lowest BCUT2D eigenvalue weighted by Crippen LogP contribution is -2.65. The lowest BCUT2D eigenvalue weighted by Gasteiger charge is -2.44. The molecule has 1 unspecified atom stereocenters. The first-order valence-corrected chi connectivity index (χ1v) is 7.33. The second kappa shape index (κ2) is 5.16. The minimum Gasteiger partial charge on any atom is -0.308 e. The van der Waals surface area contributed by atoms with Crippen molar-refractivity contribution in [2.24, 2.45) is 0 Å². The van der Waals surface area contributed by atoms with Crippen LogP contribution in [0, 0.1) is 0 Å². The molecule has 0 aromatic heterocycles. The third kappa shape index (κ3) is 2.36. The van der Waals surface area contributed by atoms with Gasteiger partial charge in [0.2, 0.25) is 0 Å². The Balaban J connectivity index is 2.15. The standard InChI is InChI=1S/C11H19N3O2S/c1-13-9(15)12-10(17-2)14(11(13)16)8-6-4-3-5-7-8/h8,10H,3-7H2,1-2H3,(H,12,15). The predicted molar refractivity (Wildman–Crippen MR) is 67.7 cm³/mol. The van der Waals surface area contributed by atoms with E-state index in [1.54, 1.807) is 0 Å². The third-order valence-electron chi connectivity index (χ3n) is 3.50. The number of nitrogens with zero attached hydrogens (tertiary/aromatic N) is 2. The van der Waals surface area contributed by atoms with Crippen LogP contribution < -0.4 is 5.32 Å². The Bertz CT molecular complexity index is 318. The van der Waals surface area contributed by atoms with Crippen molar-refractivity contribution in [1.29, 1.82) is 0 Å². The van der Waals surface area contributed by atoms with Crippen LogP contribution >= 0.6 is 11.8 Å². The lowest BCUT2D eigenvalue weighted by molar-refractivity contribution is 0.0987. The van der Waals surface area contributed by atoms with E-state index >= 15 is 0 Å². The summed E-state index contributed by atoms with van der Waals surface area (Å²) in [5.74, 6) is 0. The van der Waals surface area contributed by atoms with Gasteiger partial charge in [0.05, 0.1) is 0 Å². The van der Waals surface area contributed by atoms with Crippen molar-refractivity contribution < 1.29 is 9.59 Å². The van der Waals surface area contributed by atoms with E-state index in [-0.39, 0.29) is 23.6 Å². The van der Waals surface area contributed by atoms with Gasteiger partial charge in [-0.05, 0) is 19.1 Å². The van der Waals surface area contributed by atoms with Gasteiger partial charge >= 0.3 is 12.1 Å². The van der Waals surface area contributed by atoms with Crippen LogP contribution in [0.3, 0.4) is 0 Å². The number of urea groups is 2. The van der Waals surface area contributed by atoms with Gasteiger partial charge < -0.3 is 5.32 Å². The van der Waals surface area contributed by atoms with E-state index in [2.05, 4.69) is 5.32 Å².